The van der Waals surface area contributed by atoms with Gasteiger partial charge in [-0.1, -0.05) is 50.1 Å². The molecule has 1 atom stereocenters. The Bertz CT molecular complexity index is 807. The van der Waals surface area contributed by atoms with Crippen LogP contribution in [0.5, 0.6) is 0 Å². The van der Waals surface area contributed by atoms with E-state index in [2.05, 4.69) is 54.0 Å². The lowest BCUT2D eigenvalue weighted by molar-refractivity contribution is 0.949. The van der Waals surface area contributed by atoms with Crippen LogP contribution in [-0.4, -0.2) is 9.97 Å². The van der Waals surface area contributed by atoms with Crippen molar-refractivity contribution in [3.05, 3.63) is 68.5 Å². The average molecular weight is 396 g/mol. The Labute approximate surface area is 132 Å². The first-order valence-corrected chi connectivity index (χ1v) is 7.93. The van der Waals surface area contributed by atoms with Crippen molar-refractivity contribution >= 4 is 42.9 Å². The van der Waals surface area contributed by atoms with E-state index in [9.17, 15) is 4.79 Å². The van der Waals surface area contributed by atoms with E-state index in [4.69, 9.17) is 0 Å². The molecule has 0 radical (unpaired) electrons. The molecule has 0 aliphatic carbocycles. The minimum Gasteiger partial charge on any atom is -0.306 e. The maximum absolute atomic E-state index is 11.3. The zero-order chi connectivity index (χ0) is 14.1. The molecule has 102 valence electrons. The highest BCUT2D eigenvalue weighted by molar-refractivity contribution is 9.10. The Kier molecular flexibility index (Phi) is 3.81. The third-order valence-corrected chi connectivity index (χ3v) is 4.55. The quantitative estimate of drug-likeness (QED) is 0.638. The lowest BCUT2D eigenvalue weighted by Crippen LogP contribution is -1.99. The standard InChI is InChI=1S/C15H12Br2N2O/c16-11-3-1-2-9(6-11)7-12(17)10-4-5-13-14(8-10)19-15(20)18-13/h1-6,8,12H,7H2,(H2,18,19,20). The fourth-order valence-electron chi connectivity index (χ4n) is 2.23. The summed E-state index contributed by atoms with van der Waals surface area (Å²) in [6, 6.07) is 14.2. The summed E-state index contributed by atoms with van der Waals surface area (Å²) >= 11 is 7.21. The largest absolute Gasteiger partial charge is 0.323 e. The molecule has 0 saturated carbocycles. The number of nitrogens with one attached hydrogen (secondary N) is 2. The van der Waals surface area contributed by atoms with E-state index in [-0.39, 0.29) is 10.5 Å². The van der Waals surface area contributed by atoms with Crippen molar-refractivity contribution in [3.63, 3.8) is 0 Å². The van der Waals surface area contributed by atoms with Crippen molar-refractivity contribution in [2.45, 2.75) is 11.2 Å². The van der Waals surface area contributed by atoms with Crippen LogP contribution in [0.15, 0.2) is 51.7 Å². The second-order valence-corrected chi connectivity index (χ2v) is 6.71. The minimum absolute atomic E-state index is 0.171. The molecule has 0 saturated heterocycles. The van der Waals surface area contributed by atoms with E-state index in [1.165, 1.54) is 5.56 Å². The highest BCUT2D eigenvalue weighted by Gasteiger charge is 2.10. The molecule has 20 heavy (non-hydrogen) atoms. The summed E-state index contributed by atoms with van der Waals surface area (Å²) in [7, 11) is 0. The van der Waals surface area contributed by atoms with Crippen molar-refractivity contribution in [1.29, 1.82) is 0 Å². The molecule has 1 heterocycles. The number of hydrogen-bond donors (Lipinski definition) is 2. The molecule has 2 N–H and O–H groups in total. The maximum atomic E-state index is 11.3. The molecule has 5 heteroatoms. The Morgan fingerprint density at radius 3 is 2.65 bits per heavy atom. The van der Waals surface area contributed by atoms with E-state index in [0.29, 0.717) is 0 Å². The molecule has 1 unspecified atom stereocenters. The monoisotopic (exact) mass is 394 g/mol. The molecule has 0 amide bonds. The molecule has 0 aliphatic rings. The Morgan fingerprint density at radius 1 is 1.05 bits per heavy atom. The van der Waals surface area contributed by atoms with Gasteiger partial charge in [-0.25, -0.2) is 4.79 Å². The number of imidazole rings is 1. The second-order valence-electron chi connectivity index (χ2n) is 4.69. The molecule has 3 nitrogen and oxygen atoms in total. The van der Waals surface area contributed by atoms with Crippen LogP contribution in [0.25, 0.3) is 11.0 Å². The second kappa shape index (κ2) is 5.58. The normalized spacial score (nSPS) is 12.7. The number of benzene rings is 2. The van der Waals surface area contributed by atoms with Gasteiger partial charge in [0.05, 0.1) is 11.0 Å². The van der Waals surface area contributed by atoms with Crippen LogP contribution in [0, 0.1) is 0 Å². The Hall–Kier alpha value is -1.33. The summed E-state index contributed by atoms with van der Waals surface area (Å²) < 4.78 is 1.08. The summed E-state index contributed by atoms with van der Waals surface area (Å²) in [5.41, 5.74) is 3.90. The number of hydrogen-bond acceptors (Lipinski definition) is 1. The van der Waals surface area contributed by atoms with Crippen LogP contribution >= 0.6 is 31.9 Å². The summed E-state index contributed by atoms with van der Waals surface area (Å²) in [4.78, 5) is 17.0. The zero-order valence-electron chi connectivity index (χ0n) is 10.5. The lowest BCUT2D eigenvalue weighted by Gasteiger charge is -2.10. The predicted molar refractivity (Wildman–Crippen MR) is 88.4 cm³/mol. The fourth-order valence-corrected chi connectivity index (χ4v) is 3.34. The highest BCUT2D eigenvalue weighted by Crippen LogP contribution is 2.29. The first-order valence-electron chi connectivity index (χ1n) is 6.22. The summed E-state index contributed by atoms with van der Waals surface area (Å²) in [5.74, 6) is 0. The van der Waals surface area contributed by atoms with Crippen molar-refractivity contribution in [3.8, 4) is 0 Å². The number of rotatable bonds is 3. The smallest absolute Gasteiger partial charge is 0.306 e. The van der Waals surface area contributed by atoms with Crippen LogP contribution < -0.4 is 5.69 Å². The van der Waals surface area contributed by atoms with Crippen LogP contribution in [0.3, 0.4) is 0 Å². The first kappa shape index (κ1) is 13.6. The summed E-state index contributed by atoms with van der Waals surface area (Å²) in [6.45, 7) is 0. The van der Waals surface area contributed by atoms with Crippen molar-refractivity contribution in [2.24, 2.45) is 0 Å². The van der Waals surface area contributed by atoms with Crippen molar-refractivity contribution in [2.75, 3.05) is 0 Å². The molecule has 0 spiro atoms. The molecular weight excluding hydrogens is 384 g/mol. The summed E-state index contributed by atoms with van der Waals surface area (Å²) in [5, 5.41) is 0. The van der Waals surface area contributed by atoms with Crippen molar-refractivity contribution < 1.29 is 0 Å². The van der Waals surface area contributed by atoms with E-state index in [1.807, 2.05) is 30.3 Å². The molecule has 1 aromatic heterocycles. The lowest BCUT2D eigenvalue weighted by atomic mass is 10.0. The molecular formula is C15H12Br2N2O. The van der Waals surface area contributed by atoms with Gasteiger partial charge in [-0.15, -0.1) is 0 Å². The van der Waals surface area contributed by atoms with Gasteiger partial charge in [0.1, 0.15) is 0 Å². The van der Waals surface area contributed by atoms with Gasteiger partial charge in [0.25, 0.3) is 0 Å². The van der Waals surface area contributed by atoms with Crippen LogP contribution in [0.2, 0.25) is 0 Å². The SMILES string of the molecule is O=c1[nH]c2ccc(C(Br)Cc3cccc(Br)c3)cc2[nH]1. The summed E-state index contributed by atoms with van der Waals surface area (Å²) in [6.07, 6.45) is 0.888. The average Bonchev–Trinajstić information content (AvgIpc) is 2.77. The fraction of sp³-hybridized carbons (Fsp3) is 0.133. The number of fused-ring (bicyclic) bond motifs is 1. The van der Waals surface area contributed by atoms with Gasteiger partial charge in [0.15, 0.2) is 0 Å². The number of alkyl halides is 1. The van der Waals surface area contributed by atoms with E-state index >= 15 is 0 Å². The van der Waals surface area contributed by atoms with Crippen LogP contribution in [0.4, 0.5) is 0 Å². The van der Waals surface area contributed by atoms with Crippen molar-refractivity contribution in [1.82, 2.24) is 9.97 Å². The molecule has 2 aromatic carbocycles. The number of aromatic nitrogens is 2. The minimum atomic E-state index is -0.171. The third kappa shape index (κ3) is 2.88. The Balaban J connectivity index is 1.88. The van der Waals surface area contributed by atoms with Gasteiger partial charge in [-0.2, -0.15) is 0 Å². The number of H-pyrrole nitrogens is 2. The zero-order valence-corrected chi connectivity index (χ0v) is 13.7. The van der Waals surface area contributed by atoms with E-state index < -0.39 is 0 Å². The van der Waals surface area contributed by atoms with E-state index in [1.54, 1.807) is 0 Å². The van der Waals surface area contributed by atoms with E-state index in [0.717, 1.165) is 27.5 Å². The number of halogens is 2. The Morgan fingerprint density at radius 2 is 1.85 bits per heavy atom. The van der Waals surface area contributed by atoms with Gasteiger partial charge in [0.2, 0.25) is 0 Å². The molecule has 3 aromatic rings. The first-order chi connectivity index (χ1) is 9.61. The molecule has 0 bridgehead atoms. The predicted octanol–water partition coefficient (Wildman–Crippen LogP) is 4.30. The van der Waals surface area contributed by atoms with Gasteiger partial charge in [-0.3, -0.25) is 0 Å². The highest BCUT2D eigenvalue weighted by atomic mass is 79.9. The molecule has 0 aliphatic heterocycles. The topological polar surface area (TPSA) is 48.6 Å². The van der Waals surface area contributed by atoms with Gasteiger partial charge >= 0.3 is 5.69 Å². The van der Waals surface area contributed by atoms with Gasteiger partial charge in [-0.05, 0) is 41.8 Å². The number of aromatic amines is 2. The van der Waals surface area contributed by atoms with Crippen LogP contribution in [-0.2, 0) is 6.42 Å². The third-order valence-electron chi connectivity index (χ3n) is 3.21. The molecule has 0 fully saturated rings. The van der Waals surface area contributed by atoms with Gasteiger partial charge < -0.3 is 9.97 Å². The molecule has 3 rings (SSSR count). The van der Waals surface area contributed by atoms with Gasteiger partial charge in [0, 0.05) is 9.30 Å². The van der Waals surface area contributed by atoms with Crippen LogP contribution in [0.1, 0.15) is 16.0 Å². The maximum Gasteiger partial charge on any atom is 0.323 e.